The highest BCUT2D eigenvalue weighted by Crippen LogP contribution is 2.25. The molecule has 7 nitrogen and oxygen atoms in total. The molecule has 1 aromatic carbocycles. The van der Waals surface area contributed by atoms with Crippen LogP contribution >= 0.6 is 0 Å². The van der Waals surface area contributed by atoms with Gasteiger partial charge in [0, 0.05) is 28.8 Å². The maximum Gasteiger partial charge on any atom is 0.310 e. The summed E-state index contributed by atoms with van der Waals surface area (Å²) < 4.78 is 12.1. The summed E-state index contributed by atoms with van der Waals surface area (Å²) in [6, 6.07) is 11.4. The van der Waals surface area contributed by atoms with Crippen molar-refractivity contribution in [1.82, 2.24) is 9.38 Å². The maximum atomic E-state index is 12.2. The van der Waals surface area contributed by atoms with Gasteiger partial charge in [0.2, 0.25) is 0 Å². The highest BCUT2D eigenvalue weighted by atomic mass is 16.5. The summed E-state index contributed by atoms with van der Waals surface area (Å²) >= 11 is 0. The molecule has 4 aromatic rings. The van der Waals surface area contributed by atoms with E-state index in [9.17, 15) is 14.7 Å². The van der Waals surface area contributed by atoms with Crippen LogP contribution in [-0.4, -0.2) is 20.5 Å². The normalized spacial score (nSPS) is 11.1. The molecule has 0 radical (unpaired) electrons. The third kappa shape index (κ3) is 3.27. The Bertz CT molecular complexity index is 1220. The van der Waals surface area contributed by atoms with Crippen LogP contribution in [0.25, 0.3) is 16.6 Å². The summed E-state index contributed by atoms with van der Waals surface area (Å²) in [7, 11) is 0. The Morgan fingerprint density at radius 3 is 2.96 bits per heavy atom. The molecule has 0 spiro atoms. The Balaban J connectivity index is 1.49. The molecule has 1 N–H and O–H groups in total. The molecule has 3 heterocycles. The van der Waals surface area contributed by atoms with Gasteiger partial charge in [-0.1, -0.05) is 6.07 Å². The van der Waals surface area contributed by atoms with Crippen molar-refractivity contribution < 1.29 is 19.1 Å². The fourth-order valence-corrected chi connectivity index (χ4v) is 3.01. The quantitative estimate of drug-likeness (QED) is 0.560. The predicted octanol–water partition coefficient (Wildman–Crippen LogP) is 2.74. The minimum Gasteiger partial charge on any atom is -0.508 e. The monoisotopic (exact) mass is 364 g/mol. The molecule has 0 aliphatic rings. The third-order valence-electron chi connectivity index (χ3n) is 4.29. The molecular formula is C20H16N2O5. The number of phenolic OH excluding ortho intramolecular Hbond substituents is 1. The topological polar surface area (TPSA) is 94.0 Å². The first kappa shape index (κ1) is 16.8. The van der Waals surface area contributed by atoms with E-state index < -0.39 is 5.97 Å². The number of phenols is 1. The molecule has 0 saturated heterocycles. The number of esters is 1. The minimum absolute atomic E-state index is 0.0173. The Labute approximate surface area is 153 Å². The number of ether oxygens (including phenoxy) is 1. The number of rotatable bonds is 4. The van der Waals surface area contributed by atoms with Crippen LogP contribution in [0.3, 0.4) is 0 Å². The second-order valence-electron chi connectivity index (χ2n) is 6.23. The summed E-state index contributed by atoms with van der Waals surface area (Å²) in [6.07, 6.45) is 1.48. The van der Waals surface area contributed by atoms with Gasteiger partial charge in [-0.15, -0.1) is 0 Å². The number of fused-ring (bicyclic) bond motifs is 2. The summed E-state index contributed by atoms with van der Waals surface area (Å²) in [5.74, 6) is -0.369. The van der Waals surface area contributed by atoms with E-state index >= 15 is 0 Å². The van der Waals surface area contributed by atoms with Crippen LogP contribution in [0.4, 0.5) is 0 Å². The molecule has 0 atom stereocenters. The highest BCUT2D eigenvalue weighted by molar-refractivity contribution is 5.86. The number of carbonyl (C=O) groups excluding carboxylic acids is 1. The van der Waals surface area contributed by atoms with Gasteiger partial charge < -0.3 is 14.3 Å². The predicted molar refractivity (Wildman–Crippen MR) is 97.6 cm³/mol. The Morgan fingerprint density at radius 1 is 1.26 bits per heavy atom. The van der Waals surface area contributed by atoms with Crippen LogP contribution in [0.2, 0.25) is 0 Å². The summed E-state index contributed by atoms with van der Waals surface area (Å²) in [6.45, 7) is 1.74. The number of aromatic nitrogens is 2. The number of hydrogen-bond donors (Lipinski definition) is 1. The van der Waals surface area contributed by atoms with Gasteiger partial charge in [-0.2, -0.15) is 0 Å². The van der Waals surface area contributed by atoms with E-state index in [0.717, 1.165) is 11.1 Å². The minimum atomic E-state index is -0.461. The first-order valence-electron chi connectivity index (χ1n) is 8.34. The zero-order valence-corrected chi connectivity index (χ0v) is 14.5. The number of nitrogens with zero attached hydrogens (tertiary/aromatic N) is 2. The lowest BCUT2D eigenvalue weighted by molar-refractivity contribution is -0.144. The van der Waals surface area contributed by atoms with Crippen molar-refractivity contribution in [3.05, 3.63) is 76.0 Å². The zero-order chi connectivity index (χ0) is 19.0. The van der Waals surface area contributed by atoms with E-state index in [2.05, 4.69) is 4.98 Å². The van der Waals surface area contributed by atoms with Crippen molar-refractivity contribution in [2.24, 2.45) is 0 Å². The number of pyridine rings is 1. The third-order valence-corrected chi connectivity index (χ3v) is 4.29. The fraction of sp³-hybridized carbons (Fsp3) is 0.150. The van der Waals surface area contributed by atoms with Crippen LogP contribution in [0.15, 0.2) is 57.9 Å². The van der Waals surface area contributed by atoms with Crippen molar-refractivity contribution >= 4 is 22.6 Å². The fourth-order valence-electron chi connectivity index (χ4n) is 3.01. The van der Waals surface area contributed by atoms with Gasteiger partial charge >= 0.3 is 5.97 Å². The van der Waals surface area contributed by atoms with Gasteiger partial charge in [0.25, 0.3) is 5.56 Å². The highest BCUT2D eigenvalue weighted by Gasteiger charge is 2.13. The van der Waals surface area contributed by atoms with Gasteiger partial charge in [-0.3, -0.25) is 14.0 Å². The maximum absolute atomic E-state index is 12.2. The molecule has 27 heavy (non-hydrogen) atoms. The molecule has 0 unspecified atom stereocenters. The number of aromatic hydroxyl groups is 1. The van der Waals surface area contributed by atoms with Crippen LogP contribution < -0.4 is 5.56 Å². The van der Waals surface area contributed by atoms with E-state index in [-0.39, 0.29) is 24.3 Å². The van der Waals surface area contributed by atoms with Crippen LogP contribution in [0.1, 0.15) is 17.0 Å². The summed E-state index contributed by atoms with van der Waals surface area (Å²) in [4.78, 5) is 28.8. The van der Waals surface area contributed by atoms with E-state index in [4.69, 9.17) is 9.15 Å². The van der Waals surface area contributed by atoms with Crippen LogP contribution in [-0.2, 0) is 22.6 Å². The molecule has 0 bridgehead atoms. The Morgan fingerprint density at radius 2 is 2.11 bits per heavy atom. The van der Waals surface area contributed by atoms with Gasteiger partial charge in [0.1, 0.15) is 23.6 Å². The molecule has 0 amide bonds. The van der Waals surface area contributed by atoms with Crippen LogP contribution in [0.5, 0.6) is 5.75 Å². The average Bonchev–Trinajstić information content (AvgIpc) is 3.01. The second kappa shape index (κ2) is 6.60. The number of carbonyl (C=O) groups is 1. The molecule has 7 heteroatoms. The van der Waals surface area contributed by atoms with Crippen molar-refractivity contribution in [2.75, 3.05) is 0 Å². The number of furan rings is 1. The van der Waals surface area contributed by atoms with Gasteiger partial charge in [0.15, 0.2) is 0 Å². The first-order valence-corrected chi connectivity index (χ1v) is 8.34. The summed E-state index contributed by atoms with van der Waals surface area (Å²) in [5.41, 5.74) is 2.63. The Kier molecular flexibility index (Phi) is 4.12. The molecule has 4 rings (SSSR count). The SMILES string of the molecule is Cc1cccc2nc(COC(=O)Cc3coc4cc(O)ccc34)cc(=O)n12. The smallest absolute Gasteiger partial charge is 0.310 e. The molecule has 0 fully saturated rings. The lowest BCUT2D eigenvalue weighted by Gasteiger charge is -2.07. The first-order chi connectivity index (χ1) is 13.0. The standard InChI is InChI=1S/C20H16N2O5/c1-12-3-2-4-18-21-14(8-19(24)22(12)18)11-27-20(25)7-13-10-26-17-9-15(23)5-6-16(13)17/h2-6,8-10,23H,7,11H2,1H3. The number of benzene rings is 1. The zero-order valence-electron chi connectivity index (χ0n) is 14.5. The molecule has 0 aliphatic heterocycles. The van der Waals surface area contributed by atoms with Crippen molar-refractivity contribution in [3.63, 3.8) is 0 Å². The van der Waals surface area contributed by atoms with E-state index in [1.807, 2.05) is 19.1 Å². The largest absolute Gasteiger partial charge is 0.508 e. The molecule has 0 aliphatic carbocycles. The average molecular weight is 364 g/mol. The van der Waals surface area contributed by atoms with E-state index in [0.29, 0.717) is 22.5 Å². The molecule has 3 aromatic heterocycles. The molecule has 0 saturated carbocycles. The lowest BCUT2D eigenvalue weighted by Crippen LogP contribution is -2.18. The molecule has 136 valence electrons. The van der Waals surface area contributed by atoms with E-state index in [1.54, 1.807) is 12.1 Å². The van der Waals surface area contributed by atoms with E-state index in [1.165, 1.54) is 28.9 Å². The van der Waals surface area contributed by atoms with Crippen molar-refractivity contribution in [3.8, 4) is 5.75 Å². The van der Waals surface area contributed by atoms with Crippen molar-refractivity contribution in [2.45, 2.75) is 20.0 Å². The number of aryl methyl sites for hydroxylation is 1. The van der Waals surface area contributed by atoms with Gasteiger partial charge in [-0.05, 0) is 31.2 Å². The van der Waals surface area contributed by atoms with Crippen molar-refractivity contribution in [1.29, 1.82) is 0 Å². The molecular weight excluding hydrogens is 348 g/mol. The second-order valence-corrected chi connectivity index (χ2v) is 6.23. The van der Waals surface area contributed by atoms with Gasteiger partial charge in [-0.25, -0.2) is 4.98 Å². The Hall–Kier alpha value is -3.61. The van der Waals surface area contributed by atoms with Crippen LogP contribution in [0, 0.1) is 6.92 Å². The van der Waals surface area contributed by atoms with Gasteiger partial charge in [0.05, 0.1) is 18.4 Å². The lowest BCUT2D eigenvalue weighted by atomic mass is 10.1. The number of hydrogen-bond acceptors (Lipinski definition) is 6. The summed E-state index contributed by atoms with van der Waals surface area (Å²) in [5, 5.41) is 10.2.